The van der Waals surface area contributed by atoms with Crippen LogP contribution in [-0.4, -0.2) is 154 Å². The summed E-state index contributed by atoms with van der Waals surface area (Å²) in [4.78, 5) is 59.8. The minimum absolute atomic E-state index is 0.0134. The van der Waals surface area contributed by atoms with Crippen LogP contribution in [0.1, 0.15) is 78.1 Å². The molecule has 2 saturated carbocycles. The Labute approximate surface area is 408 Å². The number of aliphatic hydroxyl groups is 2. The number of hydrogen-bond donors (Lipinski definition) is 9. The number of aromatic nitrogens is 1. The van der Waals surface area contributed by atoms with Crippen LogP contribution in [0, 0.1) is 5.92 Å². The third-order valence-electron chi connectivity index (χ3n) is 18.1. The van der Waals surface area contributed by atoms with Crippen molar-refractivity contribution >= 4 is 40.2 Å². The van der Waals surface area contributed by atoms with E-state index in [1.165, 1.54) is 12.8 Å². The molecular weight excluding hydrogens is 915 g/mol. The summed E-state index contributed by atoms with van der Waals surface area (Å²) in [5.74, 6) is -0.535. The summed E-state index contributed by atoms with van der Waals surface area (Å²) in [5, 5.41) is 59.2. The van der Waals surface area contributed by atoms with Crippen LogP contribution >= 0.6 is 0 Å². The lowest BCUT2D eigenvalue weighted by Gasteiger charge is -2.63. The van der Waals surface area contributed by atoms with Crippen molar-refractivity contribution < 1.29 is 58.6 Å². The minimum Gasteiger partial charge on any atom is -0.504 e. The maximum absolute atomic E-state index is 13.2. The number of para-hydroxylation sites is 1. The topological polar surface area (TPSA) is 257 Å². The van der Waals surface area contributed by atoms with Crippen LogP contribution in [0.15, 0.2) is 42.5 Å². The normalized spacial score (nSPS) is 32.2. The Morgan fingerprint density at radius 3 is 2.15 bits per heavy atom. The Hall–Kier alpha value is -5.96. The number of phenolic OH excluding ortho intramolecular Hbond substituents is 2. The maximum Gasteiger partial charge on any atom is 0.250 e. The van der Waals surface area contributed by atoms with E-state index in [0.717, 1.165) is 58.5 Å². The highest BCUT2D eigenvalue weighted by Crippen LogP contribution is 2.70. The van der Waals surface area contributed by atoms with Gasteiger partial charge in [0.15, 0.2) is 29.1 Å². The summed E-state index contributed by atoms with van der Waals surface area (Å²) in [6.45, 7) is 0.533. The highest BCUT2D eigenvalue weighted by molar-refractivity contribution is 6.03. The molecular formula is C52H59N7O12. The molecule has 5 aliphatic carbocycles. The fourth-order valence-corrected chi connectivity index (χ4v) is 14.9. The van der Waals surface area contributed by atoms with Crippen LogP contribution < -0.4 is 30.7 Å². The Morgan fingerprint density at radius 2 is 1.42 bits per heavy atom. The second-order valence-electron chi connectivity index (χ2n) is 21.6. The number of fused-ring (bicyclic) bond motifs is 4. The molecule has 19 heteroatoms. The molecule has 19 nitrogen and oxygen atoms in total. The van der Waals surface area contributed by atoms with E-state index < -0.39 is 90.3 Å². The van der Waals surface area contributed by atoms with E-state index in [2.05, 4.69) is 36.1 Å². The Kier molecular flexibility index (Phi) is 10.1. The van der Waals surface area contributed by atoms with Crippen molar-refractivity contribution in [3.05, 3.63) is 76.0 Å². The number of nitrogens with one attached hydrogen (secondary N) is 5. The van der Waals surface area contributed by atoms with Gasteiger partial charge in [0.2, 0.25) is 23.6 Å². The summed E-state index contributed by atoms with van der Waals surface area (Å²) in [7, 11) is 2.02. The average molecular weight is 974 g/mol. The predicted molar refractivity (Wildman–Crippen MR) is 253 cm³/mol. The van der Waals surface area contributed by atoms with Gasteiger partial charge in [0.1, 0.15) is 32.5 Å². The van der Waals surface area contributed by atoms with E-state index in [-0.39, 0.29) is 30.3 Å². The lowest BCUT2D eigenvalue weighted by molar-refractivity contribution is -0.187. The molecule has 4 amide bonds. The largest absolute Gasteiger partial charge is 0.504 e. The lowest BCUT2D eigenvalue weighted by Crippen LogP contribution is -2.77. The highest BCUT2D eigenvalue weighted by Gasteiger charge is 2.74. The molecule has 13 rings (SSSR count). The van der Waals surface area contributed by atoms with Gasteiger partial charge < -0.3 is 70.5 Å². The molecule has 9 aliphatic rings. The van der Waals surface area contributed by atoms with Gasteiger partial charge in [0, 0.05) is 41.6 Å². The number of anilines is 1. The molecule has 2 saturated heterocycles. The number of likely N-dealkylation sites (N-methyl/N-ethyl adjacent to an activating group) is 1. The molecule has 9 N–H and O–H groups in total. The van der Waals surface area contributed by atoms with E-state index in [1.807, 2.05) is 31.3 Å². The zero-order chi connectivity index (χ0) is 48.8. The van der Waals surface area contributed by atoms with Crippen molar-refractivity contribution in [3.8, 4) is 23.0 Å². The van der Waals surface area contributed by atoms with Crippen LogP contribution in [0.4, 0.5) is 5.69 Å². The quantitative estimate of drug-likeness (QED) is 0.0811. The number of H-pyrrole nitrogens is 1. The number of ether oxygens (including phenoxy) is 4. The van der Waals surface area contributed by atoms with Crippen molar-refractivity contribution in [1.29, 1.82) is 0 Å². The number of piperidine rings is 2. The van der Waals surface area contributed by atoms with Gasteiger partial charge in [-0.25, -0.2) is 0 Å². The molecule has 4 bridgehead atoms. The summed E-state index contributed by atoms with van der Waals surface area (Å²) in [6, 6.07) is 12.1. The van der Waals surface area contributed by atoms with Crippen LogP contribution in [0.5, 0.6) is 23.0 Å². The molecule has 3 aromatic carbocycles. The number of aromatic amines is 1. The number of aromatic hydroxyl groups is 2. The molecule has 4 fully saturated rings. The first-order chi connectivity index (χ1) is 34.2. The third-order valence-corrected chi connectivity index (χ3v) is 18.1. The van der Waals surface area contributed by atoms with Gasteiger partial charge >= 0.3 is 0 Å². The van der Waals surface area contributed by atoms with Crippen molar-refractivity contribution in [2.75, 3.05) is 65.1 Å². The summed E-state index contributed by atoms with van der Waals surface area (Å²) in [6.07, 6.45) is 5.15. The van der Waals surface area contributed by atoms with Gasteiger partial charge in [-0.05, 0) is 112 Å². The predicted octanol–water partition coefficient (Wildman–Crippen LogP) is 1.41. The average Bonchev–Trinajstić information content (AvgIpc) is 3.81. The van der Waals surface area contributed by atoms with Gasteiger partial charge in [0.25, 0.3) is 0 Å². The van der Waals surface area contributed by atoms with E-state index >= 15 is 0 Å². The SMILES string of the molecule is CN1CC[C@]23c4c5ccc(O)c4O[C@H]2[C@@H](NC(=O)COCC(=O)NCNC(=O)COCC(=O)Nc2cccc4c6c([nH]c24)[C@@H]2Oc4c(O)ccc7c4[C@@]24CCN(CC2CC2)C(C7)[C@]4(O)C6)CC[C@@]3(O)C1C5. The van der Waals surface area contributed by atoms with Crippen LogP contribution in [0.2, 0.25) is 0 Å². The van der Waals surface area contributed by atoms with Gasteiger partial charge in [-0.15, -0.1) is 0 Å². The van der Waals surface area contributed by atoms with Crippen LogP contribution in [0.25, 0.3) is 10.9 Å². The number of rotatable bonds is 14. The number of carbonyl (C=O) groups excluding carboxylic acids is 4. The van der Waals surface area contributed by atoms with Crippen LogP contribution in [0.3, 0.4) is 0 Å². The molecule has 71 heavy (non-hydrogen) atoms. The number of nitrogens with zero attached hydrogens (tertiary/aromatic N) is 2. The minimum atomic E-state index is -1.15. The molecule has 374 valence electrons. The van der Waals surface area contributed by atoms with Crippen molar-refractivity contribution in [1.82, 2.24) is 30.7 Å². The molecule has 4 aromatic rings. The number of carbonyl (C=O) groups is 4. The fraction of sp³-hybridized carbons (Fsp3) is 0.538. The van der Waals surface area contributed by atoms with E-state index in [4.69, 9.17) is 18.9 Å². The fourth-order valence-electron chi connectivity index (χ4n) is 14.9. The Balaban J connectivity index is 0.584. The first-order valence-electron chi connectivity index (χ1n) is 25.1. The summed E-state index contributed by atoms with van der Waals surface area (Å²) < 4.78 is 24.0. The first kappa shape index (κ1) is 44.9. The molecule has 1 aromatic heterocycles. The Bertz CT molecular complexity index is 2940. The number of phenols is 2. The lowest BCUT2D eigenvalue weighted by atomic mass is 9.48. The monoisotopic (exact) mass is 973 g/mol. The number of hydrogen-bond acceptors (Lipinski definition) is 14. The van der Waals surface area contributed by atoms with Gasteiger partial charge in [-0.3, -0.25) is 24.1 Å². The number of amides is 4. The molecule has 9 atom stereocenters. The van der Waals surface area contributed by atoms with Gasteiger partial charge in [0.05, 0.1) is 51.6 Å². The van der Waals surface area contributed by atoms with E-state index in [9.17, 15) is 39.6 Å². The number of likely N-dealkylation sites (tertiary alicyclic amines) is 2. The zero-order valence-electron chi connectivity index (χ0n) is 39.5. The third kappa shape index (κ3) is 6.41. The molecule has 0 radical (unpaired) electrons. The molecule has 5 heterocycles. The standard InChI is InChI=1S/C52H59N7O12/c1-58-15-13-49-41-27-7-9-33(60)45(41)70-47(49)32(11-12-51(49,66)35(58)17-27)56-40(65)24-69-22-38(63)54-25-53-37(62)21-68-23-39(64)55-31-4-2-3-29-30-19-52(67)36-18-28-8-10-34(61)46-42(28)50(52,14-16-59(36)20-26-5-6-26)48(71-46)44(30)57-43(29)31/h2-4,7-10,26,32,35-36,47-48,57,60-61,66-67H,5-6,11-25H2,1H3,(H,53,62)(H,54,63)(H,55,64)(H,56,65)/t32-,35?,36?,47-,48-,49-,50-,51+,52+/m0/s1. The van der Waals surface area contributed by atoms with Crippen molar-refractivity contribution in [2.45, 2.75) is 110 Å². The Morgan fingerprint density at radius 1 is 0.761 bits per heavy atom. The maximum atomic E-state index is 13.2. The second-order valence-corrected chi connectivity index (χ2v) is 21.6. The van der Waals surface area contributed by atoms with E-state index in [1.54, 1.807) is 18.2 Å². The smallest absolute Gasteiger partial charge is 0.250 e. The highest BCUT2D eigenvalue weighted by atomic mass is 16.5. The van der Waals surface area contributed by atoms with Crippen LogP contribution in [-0.2, 0) is 58.7 Å². The van der Waals surface area contributed by atoms with Crippen molar-refractivity contribution in [3.63, 3.8) is 0 Å². The molecule has 4 aliphatic heterocycles. The van der Waals surface area contributed by atoms with Crippen molar-refractivity contribution in [2.24, 2.45) is 5.92 Å². The zero-order valence-corrected chi connectivity index (χ0v) is 39.5. The summed E-state index contributed by atoms with van der Waals surface area (Å²) in [5.41, 5.74) is 3.07. The molecule has 2 spiro atoms. The van der Waals surface area contributed by atoms with E-state index in [0.29, 0.717) is 73.6 Å². The summed E-state index contributed by atoms with van der Waals surface area (Å²) >= 11 is 0. The number of benzene rings is 3. The molecule has 2 unspecified atom stereocenters. The van der Waals surface area contributed by atoms with Gasteiger partial charge in [-0.2, -0.15) is 0 Å². The first-order valence-corrected chi connectivity index (χ1v) is 25.1. The second kappa shape index (κ2) is 16.0. The van der Waals surface area contributed by atoms with Gasteiger partial charge in [-0.1, -0.05) is 24.3 Å².